The normalized spacial score (nSPS) is 10.4. The van der Waals surface area contributed by atoms with E-state index in [0.29, 0.717) is 11.1 Å². The van der Waals surface area contributed by atoms with Crippen LogP contribution in [0.25, 0.3) is 0 Å². The summed E-state index contributed by atoms with van der Waals surface area (Å²) in [6.45, 7) is -0.0533. The number of hydrogen-bond acceptors (Lipinski definition) is 4. The smallest absolute Gasteiger partial charge is 0.305 e. The number of hydrogen-bond donors (Lipinski definition) is 2. The average molecular weight is 396 g/mol. The number of benzene rings is 1. The fourth-order valence-corrected chi connectivity index (χ4v) is 2.95. The zero-order chi connectivity index (χ0) is 19.8. The molecule has 0 atom stereocenters. The first kappa shape index (κ1) is 20.5. The van der Waals surface area contributed by atoms with Crippen LogP contribution in [0.15, 0.2) is 35.0 Å². The predicted octanol–water partition coefficient (Wildman–Crippen LogP) is 2.65. The van der Waals surface area contributed by atoms with Crippen LogP contribution in [0.1, 0.15) is 28.8 Å². The van der Waals surface area contributed by atoms with Gasteiger partial charge >= 0.3 is 5.97 Å². The summed E-state index contributed by atoms with van der Waals surface area (Å²) in [6.07, 6.45) is -0.324. The average Bonchev–Trinajstić information content (AvgIpc) is 3.16. The Balaban J connectivity index is 1.94. The molecule has 0 aliphatic heterocycles. The van der Waals surface area contributed by atoms with E-state index in [2.05, 4.69) is 5.32 Å². The lowest BCUT2D eigenvalue weighted by molar-refractivity contribution is -0.138. The van der Waals surface area contributed by atoms with Crippen molar-refractivity contribution in [2.24, 2.45) is 0 Å². The summed E-state index contributed by atoms with van der Waals surface area (Å²) in [5.74, 6) is -3.82. The monoisotopic (exact) mass is 396 g/mol. The number of nitrogens with one attached hydrogen (secondary N) is 1. The third-order valence-corrected chi connectivity index (χ3v) is 4.40. The first-order chi connectivity index (χ1) is 12.9. The Morgan fingerprint density at radius 2 is 1.89 bits per heavy atom. The number of amides is 2. The van der Waals surface area contributed by atoms with E-state index in [4.69, 9.17) is 5.11 Å². The van der Waals surface area contributed by atoms with Gasteiger partial charge in [0, 0.05) is 37.0 Å². The van der Waals surface area contributed by atoms with Crippen molar-refractivity contribution in [1.29, 1.82) is 0 Å². The van der Waals surface area contributed by atoms with Gasteiger partial charge in [0.25, 0.3) is 5.91 Å². The summed E-state index contributed by atoms with van der Waals surface area (Å²) < 4.78 is 26.4. The minimum Gasteiger partial charge on any atom is -0.481 e. The summed E-state index contributed by atoms with van der Waals surface area (Å²) in [4.78, 5) is 36.3. The number of carboxylic acid groups (broad SMARTS) is 1. The van der Waals surface area contributed by atoms with Crippen LogP contribution in [0, 0.1) is 11.6 Å². The number of rotatable bonds is 9. The summed E-state index contributed by atoms with van der Waals surface area (Å²) in [7, 11) is 0. The largest absolute Gasteiger partial charge is 0.481 e. The first-order valence-electron chi connectivity index (χ1n) is 8.10. The second-order valence-electron chi connectivity index (χ2n) is 5.73. The quantitative estimate of drug-likeness (QED) is 0.682. The Hall–Kier alpha value is -2.81. The van der Waals surface area contributed by atoms with E-state index >= 15 is 0 Å². The van der Waals surface area contributed by atoms with E-state index in [0.717, 1.165) is 12.1 Å². The maximum Gasteiger partial charge on any atom is 0.305 e. The predicted molar refractivity (Wildman–Crippen MR) is 95.3 cm³/mol. The second-order valence-corrected chi connectivity index (χ2v) is 6.51. The van der Waals surface area contributed by atoms with Crippen molar-refractivity contribution < 1.29 is 28.3 Å². The Morgan fingerprint density at radius 1 is 1.11 bits per heavy atom. The maximum absolute atomic E-state index is 13.4. The highest BCUT2D eigenvalue weighted by atomic mass is 32.1. The van der Waals surface area contributed by atoms with Crippen LogP contribution in [0.2, 0.25) is 0 Å². The molecule has 2 rings (SSSR count). The molecule has 2 N–H and O–H groups in total. The van der Waals surface area contributed by atoms with Crippen LogP contribution in [0.5, 0.6) is 0 Å². The second kappa shape index (κ2) is 9.77. The molecule has 1 aromatic carbocycles. The number of carbonyl (C=O) groups excluding carboxylic acids is 2. The molecule has 1 aromatic heterocycles. The van der Waals surface area contributed by atoms with Gasteiger partial charge in [-0.15, -0.1) is 0 Å². The molecular formula is C18H18F2N2O4S. The van der Waals surface area contributed by atoms with Gasteiger partial charge in [-0.3, -0.25) is 14.4 Å². The molecule has 0 saturated heterocycles. The third-order valence-electron chi connectivity index (χ3n) is 3.71. The summed E-state index contributed by atoms with van der Waals surface area (Å²) >= 11 is 1.38. The minimum atomic E-state index is -1.08. The molecule has 0 bridgehead atoms. The topological polar surface area (TPSA) is 86.7 Å². The van der Waals surface area contributed by atoms with E-state index in [-0.39, 0.29) is 38.4 Å². The lowest BCUT2D eigenvalue weighted by atomic mass is 10.2. The number of halogens is 2. The van der Waals surface area contributed by atoms with Crippen molar-refractivity contribution >= 4 is 29.1 Å². The van der Waals surface area contributed by atoms with Crippen molar-refractivity contribution in [2.75, 3.05) is 13.1 Å². The Kier molecular flexibility index (Phi) is 7.42. The van der Waals surface area contributed by atoms with E-state index < -0.39 is 23.5 Å². The highest BCUT2D eigenvalue weighted by Crippen LogP contribution is 2.12. The Morgan fingerprint density at radius 3 is 2.52 bits per heavy atom. The van der Waals surface area contributed by atoms with Crippen LogP contribution < -0.4 is 5.32 Å². The van der Waals surface area contributed by atoms with E-state index in [9.17, 15) is 23.2 Å². The lowest BCUT2D eigenvalue weighted by Crippen LogP contribution is -2.35. The van der Waals surface area contributed by atoms with Gasteiger partial charge in [0.2, 0.25) is 5.91 Å². The number of nitrogens with zero attached hydrogens (tertiary/aromatic N) is 1. The third kappa shape index (κ3) is 6.45. The number of carbonyl (C=O) groups is 3. The number of carboxylic acids is 1. The zero-order valence-electron chi connectivity index (χ0n) is 14.3. The molecule has 1 heterocycles. The highest BCUT2D eigenvalue weighted by Gasteiger charge is 2.17. The molecular weight excluding hydrogens is 378 g/mol. The molecule has 0 spiro atoms. The van der Waals surface area contributed by atoms with Gasteiger partial charge < -0.3 is 15.3 Å². The highest BCUT2D eigenvalue weighted by molar-refractivity contribution is 7.08. The summed E-state index contributed by atoms with van der Waals surface area (Å²) in [5, 5.41) is 14.9. The molecule has 27 heavy (non-hydrogen) atoms. The van der Waals surface area contributed by atoms with E-state index in [1.54, 1.807) is 16.8 Å². The van der Waals surface area contributed by atoms with Gasteiger partial charge in [-0.1, -0.05) is 6.07 Å². The minimum absolute atomic E-state index is 0.0425. The summed E-state index contributed by atoms with van der Waals surface area (Å²) in [5.41, 5.74) is 0.840. The fraction of sp³-hybridized carbons (Fsp3) is 0.278. The van der Waals surface area contributed by atoms with Crippen molar-refractivity contribution in [1.82, 2.24) is 10.2 Å². The van der Waals surface area contributed by atoms with Gasteiger partial charge in [0.15, 0.2) is 11.6 Å². The van der Waals surface area contributed by atoms with Gasteiger partial charge in [-0.2, -0.15) is 11.3 Å². The molecule has 144 valence electrons. The van der Waals surface area contributed by atoms with E-state index in [1.165, 1.54) is 22.3 Å². The molecule has 0 aliphatic rings. The number of thiophene rings is 1. The van der Waals surface area contributed by atoms with Gasteiger partial charge in [0.1, 0.15) is 0 Å². The van der Waals surface area contributed by atoms with Crippen LogP contribution in [-0.4, -0.2) is 40.9 Å². The fourth-order valence-electron chi connectivity index (χ4n) is 2.32. The van der Waals surface area contributed by atoms with Gasteiger partial charge in [-0.05, 0) is 29.1 Å². The van der Waals surface area contributed by atoms with Crippen molar-refractivity contribution in [2.45, 2.75) is 19.4 Å². The van der Waals surface area contributed by atoms with Crippen molar-refractivity contribution in [3.8, 4) is 0 Å². The van der Waals surface area contributed by atoms with Crippen LogP contribution in [-0.2, 0) is 16.1 Å². The zero-order valence-corrected chi connectivity index (χ0v) is 15.1. The molecule has 6 nitrogen and oxygen atoms in total. The number of aliphatic carboxylic acids is 1. The molecule has 2 aromatic rings. The van der Waals surface area contributed by atoms with Crippen LogP contribution in [0.4, 0.5) is 8.78 Å². The standard InChI is InChI=1S/C18H18F2N2O4S/c19-14-2-1-12(9-15(14)20)10-22(7-4-17(24)25)16(23)3-6-21-18(26)13-5-8-27-11-13/h1-2,5,8-9,11H,3-4,6-7,10H2,(H,21,26)(H,24,25). The Labute approximate surface area is 158 Å². The molecule has 0 unspecified atom stereocenters. The molecule has 2 amide bonds. The van der Waals surface area contributed by atoms with Crippen molar-refractivity contribution in [3.63, 3.8) is 0 Å². The summed E-state index contributed by atoms with van der Waals surface area (Å²) in [6, 6.07) is 4.90. The van der Waals surface area contributed by atoms with Crippen LogP contribution >= 0.6 is 11.3 Å². The molecule has 0 saturated carbocycles. The maximum atomic E-state index is 13.4. The van der Waals surface area contributed by atoms with Gasteiger partial charge in [0.05, 0.1) is 6.42 Å². The van der Waals surface area contributed by atoms with Gasteiger partial charge in [-0.25, -0.2) is 8.78 Å². The first-order valence-corrected chi connectivity index (χ1v) is 9.05. The molecule has 0 radical (unpaired) electrons. The molecule has 9 heteroatoms. The van der Waals surface area contributed by atoms with Crippen molar-refractivity contribution in [3.05, 3.63) is 57.8 Å². The van der Waals surface area contributed by atoms with E-state index in [1.807, 2.05) is 0 Å². The lowest BCUT2D eigenvalue weighted by Gasteiger charge is -2.22. The van der Waals surface area contributed by atoms with Crippen LogP contribution in [0.3, 0.4) is 0 Å². The molecule has 0 aliphatic carbocycles. The molecule has 0 fully saturated rings. The Bertz CT molecular complexity index is 812. The SMILES string of the molecule is O=C(O)CCN(Cc1ccc(F)c(F)c1)C(=O)CCNC(=O)c1ccsc1.